The van der Waals surface area contributed by atoms with Crippen LogP contribution < -0.4 is 11.1 Å². The molecule has 1 amide bonds. The van der Waals surface area contributed by atoms with Crippen molar-refractivity contribution >= 4 is 29.1 Å². The van der Waals surface area contributed by atoms with Crippen LogP contribution in [0.3, 0.4) is 0 Å². The van der Waals surface area contributed by atoms with Crippen LogP contribution in [0.25, 0.3) is 0 Å². The van der Waals surface area contributed by atoms with Crippen molar-refractivity contribution in [2.75, 3.05) is 6.54 Å². The Balaban J connectivity index is 2.11. The fourth-order valence-corrected chi connectivity index (χ4v) is 3.25. The topological polar surface area (TPSA) is 55.1 Å². The number of benzene rings is 1. The zero-order valence-electron chi connectivity index (χ0n) is 10.7. The molecule has 1 unspecified atom stereocenters. The number of nitrogens with one attached hydrogen (secondary N) is 1. The zero-order chi connectivity index (χ0) is 13.8. The summed E-state index contributed by atoms with van der Waals surface area (Å²) in [7, 11) is 0. The molecule has 0 spiro atoms. The molecule has 0 aliphatic heterocycles. The Kier molecular flexibility index (Phi) is 5.08. The Morgan fingerprint density at radius 3 is 2.42 bits per heavy atom. The fourth-order valence-electron chi connectivity index (χ4n) is 2.68. The van der Waals surface area contributed by atoms with E-state index in [0.717, 1.165) is 12.8 Å². The molecular formula is C14H18Cl2N2O. The summed E-state index contributed by atoms with van der Waals surface area (Å²) in [6.45, 7) is 0.443. The highest BCUT2D eigenvalue weighted by atomic mass is 35.5. The second-order valence-electron chi connectivity index (χ2n) is 4.96. The highest BCUT2D eigenvalue weighted by molar-refractivity contribution is 6.39. The first-order chi connectivity index (χ1) is 9.13. The Bertz CT molecular complexity index is 439. The maximum absolute atomic E-state index is 12.3. The molecule has 1 atom stereocenters. The first-order valence-corrected chi connectivity index (χ1v) is 7.34. The van der Waals surface area contributed by atoms with Gasteiger partial charge in [0.15, 0.2) is 0 Å². The van der Waals surface area contributed by atoms with Crippen LogP contribution in [0.5, 0.6) is 0 Å². The molecule has 0 bridgehead atoms. The van der Waals surface area contributed by atoms with Crippen molar-refractivity contribution in [3.63, 3.8) is 0 Å². The Hall–Kier alpha value is -0.770. The minimum Gasteiger partial charge on any atom is -0.348 e. The third-order valence-corrected chi connectivity index (χ3v) is 4.36. The minimum atomic E-state index is -0.238. The first kappa shape index (κ1) is 14.6. The Morgan fingerprint density at radius 1 is 1.32 bits per heavy atom. The first-order valence-electron chi connectivity index (χ1n) is 6.58. The highest BCUT2D eigenvalue weighted by Crippen LogP contribution is 2.28. The highest BCUT2D eigenvalue weighted by Gasteiger charge is 2.26. The van der Waals surface area contributed by atoms with E-state index in [-0.39, 0.29) is 11.9 Å². The van der Waals surface area contributed by atoms with Gasteiger partial charge in [0.2, 0.25) is 0 Å². The second-order valence-corrected chi connectivity index (χ2v) is 5.77. The lowest BCUT2D eigenvalue weighted by Crippen LogP contribution is -2.44. The molecule has 1 saturated carbocycles. The van der Waals surface area contributed by atoms with Gasteiger partial charge in [0, 0.05) is 12.6 Å². The summed E-state index contributed by atoms with van der Waals surface area (Å²) in [6.07, 6.45) is 4.67. The fraction of sp³-hybridized carbons (Fsp3) is 0.500. The molecule has 0 heterocycles. The number of carbonyl (C=O) groups is 1. The number of rotatable bonds is 4. The molecule has 0 radical (unpaired) electrons. The molecule has 0 saturated heterocycles. The maximum Gasteiger partial charge on any atom is 0.254 e. The normalized spacial score (nSPS) is 17.4. The van der Waals surface area contributed by atoms with Crippen molar-refractivity contribution in [3.05, 3.63) is 33.8 Å². The zero-order valence-corrected chi connectivity index (χ0v) is 12.2. The number of amides is 1. The van der Waals surface area contributed by atoms with Gasteiger partial charge >= 0.3 is 0 Å². The molecule has 1 fully saturated rings. The molecule has 3 N–H and O–H groups in total. The minimum absolute atomic E-state index is 0.00217. The monoisotopic (exact) mass is 300 g/mol. The summed E-state index contributed by atoms with van der Waals surface area (Å²) in [5.74, 6) is 0.230. The molecule has 5 heteroatoms. The predicted octanol–water partition coefficient (Wildman–Crippen LogP) is 3.24. The van der Waals surface area contributed by atoms with Crippen LogP contribution in [0, 0.1) is 5.92 Å². The van der Waals surface area contributed by atoms with Gasteiger partial charge in [-0.2, -0.15) is 0 Å². The average Bonchev–Trinajstić information content (AvgIpc) is 2.89. The summed E-state index contributed by atoms with van der Waals surface area (Å²) < 4.78 is 0. The van der Waals surface area contributed by atoms with Crippen molar-refractivity contribution in [1.82, 2.24) is 5.32 Å². The largest absolute Gasteiger partial charge is 0.348 e. The smallest absolute Gasteiger partial charge is 0.254 e. The number of halogens is 2. The summed E-state index contributed by atoms with van der Waals surface area (Å²) in [4.78, 5) is 12.3. The van der Waals surface area contributed by atoms with Gasteiger partial charge < -0.3 is 11.1 Å². The summed E-state index contributed by atoms with van der Waals surface area (Å²) in [6, 6.07) is 5.05. The van der Waals surface area contributed by atoms with Gasteiger partial charge in [-0.1, -0.05) is 42.1 Å². The number of hydrogen-bond donors (Lipinski definition) is 2. The van der Waals surface area contributed by atoms with E-state index < -0.39 is 0 Å². The van der Waals surface area contributed by atoms with E-state index in [1.54, 1.807) is 18.2 Å². The molecule has 1 aliphatic rings. The standard InChI is InChI=1S/C14H18Cl2N2O/c15-10-6-3-7-11(16)13(10)14(19)18-12(8-17)9-4-1-2-5-9/h3,6-7,9,12H,1-2,4-5,8,17H2,(H,18,19). The molecule has 3 nitrogen and oxygen atoms in total. The maximum atomic E-state index is 12.3. The SMILES string of the molecule is NCC(NC(=O)c1c(Cl)cccc1Cl)C1CCCC1. The van der Waals surface area contributed by atoms with Gasteiger partial charge in [-0.15, -0.1) is 0 Å². The third kappa shape index (κ3) is 3.41. The lowest BCUT2D eigenvalue weighted by Gasteiger charge is -2.23. The Morgan fingerprint density at radius 2 is 1.89 bits per heavy atom. The van der Waals surface area contributed by atoms with Crippen LogP contribution in [-0.4, -0.2) is 18.5 Å². The molecule has 19 heavy (non-hydrogen) atoms. The number of hydrogen-bond acceptors (Lipinski definition) is 2. The molecule has 104 valence electrons. The number of nitrogens with two attached hydrogens (primary N) is 1. The van der Waals surface area contributed by atoms with Crippen molar-refractivity contribution in [1.29, 1.82) is 0 Å². The third-order valence-electron chi connectivity index (χ3n) is 3.73. The van der Waals surface area contributed by atoms with Gasteiger partial charge in [0.1, 0.15) is 0 Å². The van der Waals surface area contributed by atoms with Gasteiger partial charge in [0.05, 0.1) is 15.6 Å². The molecule has 1 aromatic carbocycles. The van der Waals surface area contributed by atoms with E-state index in [1.807, 2.05) is 0 Å². The van der Waals surface area contributed by atoms with Crippen LogP contribution in [0.1, 0.15) is 36.0 Å². The van der Waals surface area contributed by atoms with Crippen LogP contribution in [0.15, 0.2) is 18.2 Å². The molecule has 1 aliphatic carbocycles. The van der Waals surface area contributed by atoms with Gasteiger partial charge in [-0.05, 0) is 30.9 Å². The van der Waals surface area contributed by atoms with Crippen LogP contribution in [0.2, 0.25) is 10.0 Å². The van der Waals surface area contributed by atoms with Crippen LogP contribution >= 0.6 is 23.2 Å². The van der Waals surface area contributed by atoms with Crippen molar-refractivity contribution < 1.29 is 4.79 Å². The molecular weight excluding hydrogens is 283 g/mol. The lowest BCUT2D eigenvalue weighted by atomic mass is 9.98. The summed E-state index contributed by atoms with van der Waals surface area (Å²) in [5, 5.41) is 3.71. The summed E-state index contributed by atoms with van der Waals surface area (Å²) in [5.41, 5.74) is 6.11. The van der Waals surface area contributed by atoms with Crippen molar-refractivity contribution in [3.8, 4) is 0 Å². The van der Waals surface area contributed by atoms with E-state index in [9.17, 15) is 4.79 Å². The number of carbonyl (C=O) groups excluding carboxylic acids is 1. The van der Waals surface area contributed by atoms with Gasteiger partial charge in [0.25, 0.3) is 5.91 Å². The lowest BCUT2D eigenvalue weighted by molar-refractivity contribution is 0.0924. The second kappa shape index (κ2) is 6.60. The van der Waals surface area contributed by atoms with Crippen molar-refractivity contribution in [2.45, 2.75) is 31.7 Å². The van der Waals surface area contributed by atoms with Gasteiger partial charge in [-0.25, -0.2) is 0 Å². The predicted molar refractivity (Wildman–Crippen MR) is 78.7 cm³/mol. The van der Waals surface area contributed by atoms with Crippen LogP contribution in [0.4, 0.5) is 0 Å². The van der Waals surface area contributed by atoms with E-state index in [4.69, 9.17) is 28.9 Å². The Labute approximate surface area is 123 Å². The van der Waals surface area contributed by atoms with Crippen LogP contribution in [-0.2, 0) is 0 Å². The summed E-state index contributed by atoms with van der Waals surface area (Å²) >= 11 is 12.1. The van der Waals surface area contributed by atoms with E-state index in [2.05, 4.69) is 5.32 Å². The van der Waals surface area contributed by atoms with E-state index in [1.165, 1.54) is 12.8 Å². The van der Waals surface area contributed by atoms with E-state index >= 15 is 0 Å². The van der Waals surface area contributed by atoms with Crippen molar-refractivity contribution in [2.24, 2.45) is 11.7 Å². The average molecular weight is 301 g/mol. The molecule has 2 rings (SSSR count). The molecule has 1 aromatic rings. The molecule has 0 aromatic heterocycles. The quantitative estimate of drug-likeness (QED) is 0.897. The van der Waals surface area contributed by atoms with Gasteiger partial charge in [-0.3, -0.25) is 4.79 Å². The van der Waals surface area contributed by atoms with E-state index in [0.29, 0.717) is 28.1 Å².